The quantitative estimate of drug-likeness (QED) is 0.338. The standard InChI is InChI=1S/C17H14Cl3N5/c1-8(24-25-17(21)22)15-11-7-10(18)3-5-14(11)23-16(15)9-2-4-12(19)13(20)6-9/h2-7,23H,1H3,(H4,21,22,25)/b24-8-. The van der Waals surface area contributed by atoms with Crippen molar-refractivity contribution in [3.05, 3.63) is 57.0 Å². The van der Waals surface area contributed by atoms with Crippen LogP contribution < -0.4 is 11.5 Å². The molecule has 0 bridgehead atoms. The van der Waals surface area contributed by atoms with E-state index in [4.69, 9.17) is 46.3 Å². The topological polar surface area (TPSA) is 92.5 Å². The highest BCUT2D eigenvalue weighted by atomic mass is 35.5. The number of H-pyrrole nitrogens is 1. The number of guanidine groups is 1. The van der Waals surface area contributed by atoms with Gasteiger partial charge in [-0.3, -0.25) is 0 Å². The zero-order chi connectivity index (χ0) is 18.1. The number of benzene rings is 2. The predicted molar refractivity (Wildman–Crippen MR) is 107 cm³/mol. The molecule has 0 aliphatic rings. The van der Waals surface area contributed by atoms with Crippen LogP contribution in [0.25, 0.3) is 22.2 Å². The Balaban J connectivity index is 2.30. The number of aromatic amines is 1. The summed E-state index contributed by atoms with van der Waals surface area (Å²) in [7, 11) is 0. The number of fused-ring (bicyclic) bond motifs is 1. The van der Waals surface area contributed by atoms with Gasteiger partial charge in [0.25, 0.3) is 0 Å². The van der Waals surface area contributed by atoms with Gasteiger partial charge >= 0.3 is 0 Å². The van der Waals surface area contributed by atoms with Crippen molar-refractivity contribution in [1.29, 1.82) is 0 Å². The van der Waals surface area contributed by atoms with Crippen molar-refractivity contribution < 1.29 is 0 Å². The summed E-state index contributed by atoms with van der Waals surface area (Å²) in [5.41, 5.74) is 14.8. The molecule has 0 atom stereocenters. The minimum absolute atomic E-state index is 0.117. The molecule has 128 valence electrons. The summed E-state index contributed by atoms with van der Waals surface area (Å²) in [5.74, 6) is -0.117. The smallest absolute Gasteiger partial charge is 0.211 e. The Morgan fingerprint density at radius 3 is 2.40 bits per heavy atom. The molecule has 2 aromatic carbocycles. The molecule has 1 aromatic heterocycles. The van der Waals surface area contributed by atoms with E-state index in [1.807, 2.05) is 31.2 Å². The summed E-state index contributed by atoms with van der Waals surface area (Å²) >= 11 is 18.4. The molecule has 5 N–H and O–H groups in total. The van der Waals surface area contributed by atoms with E-state index < -0.39 is 0 Å². The molecule has 0 aliphatic carbocycles. The van der Waals surface area contributed by atoms with E-state index in [1.54, 1.807) is 12.1 Å². The Morgan fingerprint density at radius 1 is 0.960 bits per heavy atom. The number of aromatic nitrogens is 1. The van der Waals surface area contributed by atoms with Crippen LogP contribution in [0, 0.1) is 0 Å². The van der Waals surface area contributed by atoms with Crippen LogP contribution in [0.15, 0.2) is 46.6 Å². The number of nitrogens with one attached hydrogen (secondary N) is 1. The fraction of sp³-hybridized carbons (Fsp3) is 0.0588. The van der Waals surface area contributed by atoms with Gasteiger partial charge in [-0.05, 0) is 37.3 Å². The number of halogens is 3. The summed E-state index contributed by atoms with van der Waals surface area (Å²) in [6.45, 7) is 1.82. The van der Waals surface area contributed by atoms with Gasteiger partial charge in [-0.25, -0.2) is 0 Å². The van der Waals surface area contributed by atoms with Crippen molar-refractivity contribution in [3.63, 3.8) is 0 Å². The fourth-order valence-electron chi connectivity index (χ4n) is 2.59. The van der Waals surface area contributed by atoms with Crippen LogP contribution in [0.4, 0.5) is 0 Å². The van der Waals surface area contributed by atoms with Crippen LogP contribution in [-0.2, 0) is 0 Å². The highest BCUT2D eigenvalue weighted by molar-refractivity contribution is 6.42. The van der Waals surface area contributed by atoms with Gasteiger partial charge in [-0.15, -0.1) is 5.10 Å². The lowest BCUT2D eigenvalue weighted by Crippen LogP contribution is -2.22. The van der Waals surface area contributed by atoms with E-state index >= 15 is 0 Å². The molecule has 0 spiro atoms. The van der Waals surface area contributed by atoms with Gasteiger partial charge in [-0.1, -0.05) is 40.9 Å². The molecule has 0 saturated carbocycles. The zero-order valence-electron chi connectivity index (χ0n) is 13.1. The lowest BCUT2D eigenvalue weighted by atomic mass is 10.0. The molecule has 1 heterocycles. The SMILES string of the molecule is C/C(=N/N=C(N)N)c1c(-c2ccc(Cl)c(Cl)c2)[nH]c2ccc(Cl)cc12. The van der Waals surface area contributed by atoms with Crippen LogP contribution in [-0.4, -0.2) is 16.7 Å². The number of hydrogen-bond donors (Lipinski definition) is 3. The lowest BCUT2D eigenvalue weighted by Gasteiger charge is -2.06. The van der Waals surface area contributed by atoms with Gasteiger partial charge < -0.3 is 16.5 Å². The summed E-state index contributed by atoms with van der Waals surface area (Å²) in [4.78, 5) is 3.37. The van der Waals surface area contributed by atoms with E-state index in [0.29, 0.717) is 20.8 Å². The van der Waals surface area contributed by atoms with Crippen LogP contribution in [0.1, 0.15) is 12.5 Å². The van der Waals surface area contributed by atoms with E-state index in [0.717, 1.165) is 27.7 Å². The number of hydrogen-bond acceptors (Lipinski definition) is 2. The van der Waals surface area contributed by atoms with E-state index in [-0.39, 0.29) is 5.96 Å². The Labute approximate surface area is 159 Å². The second-order valence-corrected chi connectivity index (χ2v) is 6.65. The van der Waals surface area contributed by atoms with Crippen molar-refractivity contribution in [1.82, 2.24) is 4.98 Å². The van der Waals surface area contributed by atoms with Gasteiger partial charge in [0.1, 0.15) is 0 Å². The minimum Gasteiger partial charge on any atom is -0.369 e. The Hall–Kier alpha value is -2.21. The molecule has 0 fully saturated rings. The first-order valence-corrected chi connectivity index (χ1v) is 8.40. The molecule has 5 nitrogen and oxygen atoms in total. The van der Waals surface area contributed by atoms with E-state index in [1.165, 1.54) is 0 Å². The van der Waals surface area contributed by atoms with Gasteiger partial charge in [0, 0.05) is 27.1 Å². The van der Waals surface area contributed by atoms with Crippen LogP contribution >= 0.6 is 34.8 Å². The Bertz CT molecular complexity index is 1020. The largest absolute Gasteiger partial charge is 0.369 e. The molecule has 3 rings (SSSR count). The van der Waals surface area contributed by atoms with Crippen molar-refractivity contribution in [2.75, 3.05) is 0 Å². The molecule has 3 aromatic rings. The molecule has 0 amide bonds. The maximum absolute atomic E-state index is 6.17. The average molecular weight is 395 g/mol. The minimum atomic E-state index is -0.117. The second kappa shape index (κ2) is 6.96. The third kappa shape index (κ3) is 3.58. The molecule has 0 aliphatic heterocycles. The highest BCUT2D eigenvalue weighted by Gasteiger charge is 2.17. The van der Waals surface area contributed by atoms with Crippen molar-refractivity contribution >= 4 is 57.4 Å². The molecule has 8 heteroatoms. The van der Waals surface area contributed by atoms with Crippen LogP contribution in [0.2, 0.25) is 15.1 Å². The lowest BCUT2D eigenvalue weighted by molar-refractivity contribution is 1.20. The van der Waals surface area contributed by atoms with Crippen LogP contribution in [0.3, 0.4) is 0 Å². The van der Waals surface area contributed by atoms with Crippen molar-refractivity contribution in [3.8, 4) is 11.3 Å². The monoisotopic (exact) mass is 393 g/mol. The molecule has 25 heavy (non-hydrogen) atoms. The number of nitrogens with two attached hydrogens (primary N) is 2. The fourth-order valence-corrected chi connectivity index (χ4v) is 3.06. The highest BCUT2D eigenvalue weighted by Crippen LogP contribution is 2.35. The van der Waals surface area contributed by atoms with Crippen molar-refractivity contribution in [2.45, 2.75) is 6.92 Å². The Morgan fingerprint density at radius 2 is 1.72 bits per heavy atom. The summed E-state index contributed by atoms with van der Waals surface area (Å²) in [6, 6.07) is 11.0. The average Bonchev–Trinajstić information content (AvgIpc) is 2.93. The Kier molecular flexibility index (Phi) is 4.90. The molecule has 0 saturated heterocycles. The first-order valence-electron chi connectivity index (χ1n) is 7.27. The maximum Gasteiger partial charge on any atom is 0.211 e. The summed E-state index contributed by atoms with van der Waals surface area (Å²) < 4.78 is 0. The predicted octanol–water partition coefficient (Wildman–Crippen LogP) is 4.79. The molecular weight excluding hydrogens is 381 g/mol. The maximum atomic E-state index is 6.17. The third-order valence-corrected chi connectivity index (χ3v) is 4.62. The first kappa shape index (κ1) is 17.6. The van der Waals surface area contributed by atoms with Gasteiger partial charge in [-0.2, -0.15) is 5.10 Å². The third-order valence-electron chi connectivity index (χ3n) is 3.65. The van der Waals surface area contributed by atoms with Gasteiger partial charge in [0.2, 0.25) is 5.96 Å². The number of rotatable bonds is 3. The summed E-state index contributed by atoms with van der Waals surface area (Å²) in [5, 5.41) is 10.3. The summed E-state index contributed by atoms with van der Waals surface area (Å²) in [6.07, 6.45) is 0. The molecular formula is C17H14Cl3N5. The van der Waals surface area contributed by atoms with Crippen molar-refractivity contribution in [2.24, 2.45) is 21.7 Å². The van der Waals surface area contributed by atoms with E-state index in [2.05, 4.69) is 15.2 Å². The van der Waals surface area contributed by atoms with Gasteiger partial charge in [0.15, 0.2) is 0 Å². The molecule has 0 unspecified atom stereocenters. The van der Waals surface area contributed by atoms with Gasteiger partial charge in [0.05, 0.1) is 21.5 Å². The number of nitrogens with zero attached hydrogens (tertiary/aromatic N) is 2. The van der Waals surface area contributed by atoms with Crippen LogP contribution in [0.5, 0.6) is 0 Å². The normalized spacial score (nSPS) is 11.8. The molecule has 0 radical (unpaired) electrons. The van der Waals surface area contributed by atoms with E-state index in [9.17, 15) is 0 Å². The second-order valence-electron chi connectivity index (χ2n) is 5.40. The first-order chi connectivity index (χ1) is 11.9. The zero-order valence-corrected chi connectivity index (χ0v) is 15.4.